The van der Waals surface area contributed by atoms with Crippen LogP contribution in [0.15, 0.2) is 23.0 Å². The Bertz CT molecular complexity index is 1230. The lowest BCUT2D eigenvalue weighted by atomic mass is 10.0. The van der Waals surface area contributed by atoms with Crippen LogP contribution < -0.4 is 16.3 Å². The highest BCUT2D eigenvalue weighted by Crippen LogP contribution is 2.24. The van der Waals surface area contributed by atoms with E-state index in [0.717, 1.165) is 31.7 Å². The molecule has 1 aromatic carbocycles. The van der Waals surface area contributed by atoms with Crippen LogP contribution >= 0.6 is 0 Å². The Labute approximate surface area is 202 Å². The van der Waals surface area contributed by atoms with E-state index < -0.39 is 24.1 Å². The predicted octanol–water partition coefficient (Wildman–Crippen LogP) is 0.315. The molecule has 2 aliphatic rings. The number of benzene rings is 1. The second kappa shape index (κ2) is 10.9. The molecular weight excluding hydrogens is 487 g/mol. The van der Waals surface area contributed by atoms with Crippen LogP contribution in [0.25, 0.3) is 11.0 Å². The number of aromatic nitrogens is 2. The van der Waals surface area contributed by atoms with E-state index in [1.165, 1.54) is 9.13 Å². The molecule has 0 bridgehead atoms. The lowest BCUT2D eigenvalue weighted by molar-refractivity contribution is -0.192. The van der Waals surface area contributed by atoms with Crippen molar-refractivity contribution >= 4 is 34.7 Å². The number of hydrogen-bond donors (Lipinski definition) is 3. The van der Waals surface area contributed by atoms with Gasteiger partial charge in [0.05, 0.1) is 11.0 Å². The van der Waals surface area contributed by atoms with Gasteiger partial charge in [-0.05, 0) is 30.5 Å². The zero-order chi connectivity index (χ0) is 26.6. The zero-order valence-electron chi connectivity index (χ0n) is 19.4. The van der Waals surface area contributed by atoms with Gasteiger partial charge in [-0.25, -0.2) is 9.59 Å². The number of halogens is 3. The standard InChI is InChI=1S/C20H25N5O4.C2HF3O2/c1-23-16-12-13(3-7-18(27)24-10-8-21-9-11-24)2-4-14(16)25(20(23)29)15-5-6-17(26)22-19(15)28;3-2(4,5)1(6)7/h2,4,12,15,21H,3,5-11H2,1H3,(H,22,26,28);(H,6,7). The Morgan fingerprint density at radius 3 is 2.33 bits per heavy atom. The van der Waals surface area contributed by atoms with Gasteiger partial charge in [-0.3, -0.25) is 28.8 Å². The number of aliphatic carboxylic acids is 1. The first-order chi connectivity index (χ1) is 16.9. The second-order valence-corrected chi connectivity index (χ2v) is 8.44. The third-order valence-electron chi connectivity index (χ3n) is 6.02. The molecule has 0 aliphatic carbocycles. The molecule has 14 heteroatoms. The molecule has 2 aliphatic heterocycles. The van der Waals surface area contributed by atoms with Crippen LogP contribution in [0.3, 0.4) is 0 Å². The quantitative estimate of drug-likeness (QED) is 0.500. The molecule has 11 nitrogen and oxygen atoms in total. The van der Waals surface area contributed by atoms with Crippen molar-refractivity contribution in [2.45, 2.75) is 37.9 Å². The molecule has 2 saturated heterocycles. The predicted molar refractivity (Wildman–Crippen MR) is 120 cm³/mol. The lowest BCUT2D eigenvalue weighted by Gasteiger charge is -2.27. The molecule has 1 unspecified atom stereocenters. The Kier molecular flexibility index (Phi) is 8.17. The number of aryl methyl sites for hydroxylation is 2. The number of rotatable bonds is 4. The number of piperazine rings is 1. The Balaban J connectivity index is 0.000000454. The van der Waals surface area contributed by atoms with Gasteiger partial charge in [0.25, 0.3) is 0 Å². The van der Waals surface area contributed by atoms with E-state index in [2.05, 4.69) is 10.6 Å². The first-order valence-corrected chi connectivity index (χ1v) is 11.2. The van der Waals surface area contributed by atoms with Crippen LogP contribution in [0.1, 0.15) is 30.9 Å². The normalized spacial score (nSPS) is 18.4. The van der Waals surface area contributed by atoms with Gasteiger partial charge < -0.3 is 15.3 Å². The molecule has 36 heavy (non-hydrogen) atoms. The number of fused-ring (bicyclic) bond motifs is 1. The van der Waals surface area contributed by atoms with Gasteiger partial charge in [-0.15, -0.1) is 0 Å². The smallest absolute Gasteiger partial charge is 0.475 e. The summed E-state index contributed by atoms with van der Waals surface area (Å²) in [4.78, 5) is 59.7. The topological polar surface area (TPSA) is 143 Å². The van der Waals surface area contributed by atoms with Gasteiger partial charge in [-0.1, -0.05) is 6.07 Å². The van der Waals surface area contributed by atoms with E-state index in [1.807, 2.05) is 23.1 Å². The summed E-state index contributed by atoms with van der Waals surface area (Å²) < 4.78 is 34.7. The van der Waals surface area contributed by atoms with E-state index in [9.17, 15) is 32.3 Å². The molecule has 0 saturated carbocycles. The Hall–Kier alpha value is -3.68. The van der Waals surface area contributed by atoms with Crippen molar-refractivity contribution in [3.8, 4) is 0 Å². The molecule has 3 heterocycles. The number of hydrogen-bond acceptors (Lipinski definition) is 6. The minimum atomic E-state index is -5.08. The number of carboxylic acids is 1. The maximum absolute atomic E-state index is 12.8. The van der Waals surface area contributed by atoms with E-state index in [4.69, 9.17) is 9.90 Å². The van der Waals surface area contributed by atoms with E-state index >= 15 is 0 Å². The molecule has 196 valence electrons. The molecule has 3 N–H and O–H groups in total. The summed E-state index contributed by atoms with van der Waals surface area (Å²) in [6.07, 6.45) is -3.54. The maximum atomic E-state index is 12.8. The number of alkyl halides is 3. The maximum Gasteiger partial charge on any atom is 0.490 e. The highest BCUT2D eigenvalue weighted by molar-refractivity contribution is 6.00. The molecule has 4 rings (SSSR count). The number of carboxylic acid groups (broad SMARTS) is 1. The van der Waals surface area contributed by atoms with E-state index in [1.54, 1.807) is 7.05 Å². The molecule has 1 atom stereocenters. The fourth-order valence-electron chi connectivity index (χ4n) is 4.12. The Morgan fingerprint density at radius 1 is 1.11 bits per heavy atom. The largest absolute Gasteiger partial charge is 0.490 e. The molecular formula is C22H26F3N5O6. The molecule has 2 aromatic rings. The van der Waals surface area contributed by atoms with Gasteiger partial charge in [-0.2, -0.15) is 13.2 Å². The minimum Gasteiger partial charge on any atom is -0.475 e. The van der Waals surface area contributed by atoms with Gasteiger partial charge in [0.1, 0.15) is 6.04 Å². The van der Waals surface area contributed by atoms with E-state index in [0.29, 0.717) is 30.3 Å². The summed E-state index contributed by atoms with van der Waals surface area (Å²) in [6, 6.07) is 4.94. The summed E-state index contributed by atoms with van der Waals surface area (Å²) in [5.41, 5.74) is 2.05. The van der Waals surface area contributed by atoms with Gasteiger partial charge in [0.15, 0.2) is 0 Å². The van der Waals surface area contributed by atoms with Crippen molar-refractivity contribution in [1.29, 1.82) is 0 Å². The van der Waals surface area contributed by atoms with Crippen LogP contribution in [-0.2, 0) is 32.6 Å². The molecule has 0 spiro atoms. The second-order valence-electron chi connectivity index (χ2n) is 8.44. The van der Waals surface area contributed by atoms with Crippen molar-refractivity contribution < 1.29 is 37.5 Å². The van der Waals surface area contributed by atoms with Gasteiger partial charge in [0.2, 0.25) is 17.7 Å². The summed E-state index contributed by atoms with van der Waals surface area (Å²) >= 11 is 0. The van der Waals surface area contributed by atoms with Crippen molar-refractivity contribution in [3.05, 3.63) is 34.2 Å². The molecule has 0 radical (unpaired) electrons. The molecule has 1 aromatic heterocycles. The van der Waals surface area contributed by atoms with Gasteiger partial charge in [0, 0.05) is 46.1 Å². The number of imide groups is 1. The van der Waals surface area contributed by atoms with Gasteiger partial charge >= 0.3 is 17.8 Å². The summed E-state index contributed by atoms with van der Waals surface area (Å²) in [5, 5.41) is 12.7. The number of amides is 3. The number of piperidine rings is 1. The third kappa shape index (κ3) is 6.11. The van der Waals surface area contributed by atoms with Crippen molar-refractivity contribution in [3.63, 3.8) is 0 Å². The minimum absolute atomic E-state index is 0.140. The van der Waals surface area contributed by atoms with E-state index in [-0.39, 0.29) is 23.9 Å². The molecule has 2 fully saturated rings. The van der Waals surface area contributed by atoms with Crippen LogP contribution in [0.4, 0.5) is 13.2 Å². The number of carbonyl (C=O) groups excluding carboxylic acids is 3. The summed E-state index contributed by atoms with van der Waals surface area (Å²) in [7, 11) is 1.67. The monoisotopic (exact) mass is 513 g/mol. The fraction of sp³-hybridized carbons (Fsp3) is 0.500. The number of imidazole rings is 1. The lowest BCUT2D eigenvalue weighted by Crippen LogP contribution is -2.46. The first kappa shape index (κ1) is 26.9. The summed E-state index contributed by atoms with van der Waals surface area (Å²) in [6.45, 7) is 3.13. The SMILES string of the molecule is Cn1c(=O)n(C2CCC(=O)NC2=O)c2ccc(CCC(=O)N3CCNCC3)cc21.O=C(O)C(F)(F)F. The highest BCUT2D eigenvalue weighted by atomic mass is 19.4. The van der Waals surface area contributed by atoms with Crippen LogP contribution in [0, 0.1) is 0 Å². The number of nitrogens with one attached hydrogen (secondary N) is 2. The fourth-order valence-corrected chi connectivity index (χ4v) is 4.12. The average molecular weight is 513 g/mol. The van der Waals surface area contributed by atoms with Crippen LogP contribution in [-0.4, -0.2) is 75.2 Å². The third-order valence-corrected chi connectivity index (χ3v) is 6.02. The van der Waals surface area contributed by atoms with Crippen LogP contribution in [0.2, 0.25) is 0 Å². The number of carbonyl (C=O) groups is 4. The molecule has 3 amide bonds. The average Bonchev–Trinajstić information content (AvgIpc) is 3.07. The first-order valence-electron chi connectivity index (χ1n) is 11.2. The highest BCUT2D eigenvalue weighted by Gasteiger charge is 2.38. The van der Waals surface area contributed by atoms with Crippen LogP contribution in [0.5, 0.6) is 0 Å². The summed E-state index contributed by atoms with van der Waals surface area (Å²) in [5.74, 6) is -3.37. The van der Waals surface area contributed by atoms with Crippen molar-refractivity contribution in [2.75, 3.05) is 26.2 Å². The van der Waals surface area contributed by atoms with Crippen molar-refractivity contribution in [2.24, 2.45) is 7.05 Å². The zero-order valence-corrected chi connectivity index (χ0v) is 19.4. The van der Waals surface area contributed by atoms with Crippen molar-refractivity contribution in [1.82, 2.24) is 24.7 Å². The Morgan fingerprint density at radius 2 is 1.75 bits per heavy atom. The number of nitrogens with zero attached hydrogens (tertiary/aromatic N) is 3.